The fourth-order valence-electron chi connectivity index (χ4n) is 1.58. The maximum Gasteiger partial charge on any atom is 0.120 e. The first-order chi connectivity index (χ1) is 8.29. The third kappa shape index (κ3) is 2.91. The van der Waals surface area contributed by atoms with Gasteiger partial charge in [-0.1, -0.05) is 18.2 Å². The molecular weight excluding hydrogens is 214 g/mol. The number of nitrogens with one attached hydrogen (secondary N) is 1. The Hall–Kier alpha value is -2.16. The summed E-state index contributed by atoms with van der Waals surface area (Å²) in [5.41, 5.74) is 1.84. The number of phenolic OH excluding ortho intramolecular Hbond substituents is 1. The quantitative estimate of drug-likeness (QED) is 0.846. The van der Waals surface area contributed by atoms with E-state index >= 15 is 0 Å². The molecule has 0 fully saturated rings. The van der Waals surface area contributed by atoms with Crippen LogP contribution in [0, 0.1) is 0 Å². The number of methoxy groups -OCH3 is 1. The molecule has 3 nitrogen and oxygen atoms in total. The van der Waals surface area contributed by atoms with Gasteiger partial charge in [-0.2, -0.15) is 0 Å². The van der Waals surface area contributed by atoms with E-state index in [2.05, 4.69) is 5.32 Å². The summed E-state index contributed by atoms with van der Waals surface area (Å²) in [6.45, 7) is 0.563. The van der Waals surface area contributed by atoms with Crippen molar-refractivity contribution in [3.05, 3.63) is 54.1 Å². The van der Waals surface area contributed by atoms with Crippen LogP contribution in [-0.2, 0) is 6.54 Å². The maximum atomic E-state index is 9.71. The molecule has 0 radical (unpaired) electrons. The SMILES string of the molecule is COc1ccc(O)c(CNc2ccccc2)c1. The molecule has 2 aromatic rings. The molecule has 0 saturated carbocycles. The highest BCUT2D eigenvalue weighted by atomic mass is 16.5. The van der Waals surface area contributed by atoms with Crippen LogP contribution in [0.15, 0.2) is 48.5 Å². The molecule has 0 atom stereocenters. The molecule has 2 rings (SSSR count). The summed E-state index contributed by atoms with van der Waals surface area (Å²) in [5.74, 6) is 1.02. The highest BCUT2D eigenvalue weighted by Gasteiger charge is 2.02. The topological polar surface area (TPSA) is 41.5 Å². The normalized spacial score (nSPS) is 9.94. The summed E-state index contributed by atoms with van der Waals surface area (Å²) in [7, 11) is 1.61. The molecule has 0 heterocycles. The Morgan fingerprint density at radius 1 is 1.12 bits per heavy atom. The zero-order chi connectivity index (χ0) is 12.1. The molecule has 0 spiro atoms. The summed E-state index contributed by atoms with van der Waals surface area (Å²) >= 11 is 0. The van der Waals surface area contributed by atoms with E-state index in [1.54, 1.807) is 19.2 Å². The lowest BCUT2D eigenvalue weighted by atomic mass is 10.2. The molecular formula is C14H15NO2. The van der Waals surface area contributed by atoms with Crippen LogP contribution in [-0.4, -0.2) is 12.2 Å². The second-order valence-electron chi connectivity index (χ2n) is 3.71. The highest BCUT2D eigenvalue weighted by molar-refractivity contribution is 5.46. The number of para-hydroxylation sites is 1. The molecule has 17 heavy (non-hydrogen) atoms. The second-order valence-corrected chi connectivity index (χ2v) is 3.71. The summed E-state index contributed by atoms with van der Waals surface area (Å²) in [4.78, 5) is 0. The zero-order valence-corrected chi connectivity index (χ0v) is 9.68. The van der Waals surface area contributed by atoms with E-state index in [9.17, 15) is 5.11 Å². The Balaban J connectivity index is 2.08. The van der Waals surface area contributed by atoms with Crippen LogP contribution < -0.4 is 10.1 Å². The Kier molecular flexibility index (Phi) is 3.50. The Labute approximate surface area is 101 Å². The molecule has 0 unspecified atom stereocenters. The average Bonchev–Trinajstić information content (AvgIpc) is 2.39. The van der Waals surface area contributed by atoms with Crippen molar-refractivity contribution >= 4 is 5.69 Å². The first kappa shape index (κ1) is 11.3. The molecule has 0 saturated heterocycles. The predicted octanol–water partition coefficient (Wildman–Crippen LogP) is 3.01. The van der Waals surface area contributed by atoms with Crippen molar-refractivity contribution in [3.8, 4) is 11.5 Å². The largest absolute Gasteiger partial charge is 0.508 e. The average molecular weight is 229 g/mol. The van der Waals surface area contributed by atoms with Crippen LogP contribution in [0.2, 0.25) is 0 Å². The van der Waals surface area contributed by atoms with Gasteiger partial charge < -0.3 is 15.2 Å². The summed E-state index contributed by atoms with van der Waals surface area (Å²) in [5, 5.41) is 13.0. The van der Waals surface area contributed by atoms with Crippen molar-refractivity contribution < 1.29 is 9.84 Å². The van der Waals surface area contributed by atoms with Gasteiger partial charge in [0, 0.05) is 17.8 Å². The van der Waals surface area contributed by atoms with E-state index in [4.69, 9.17) is 4.74 Å². The maximum absolute atomic E-state index is 9.71. The summed E-state index contributed by atoms with van der Waals surface area (Å²) in [6.07, 6.45) is 0. The number of aromatic hydroxyl groups is 1. The van der Waals surface area contributed by atoms with Gasteiger partial charge in [0.15, 0.2) is 0 Å². The number of hydrogen-bond acceptors (Lipinski definition) is 3. The van der Waals surface area contributed by atoms with Gasteiger partial charge in [-0.05, 0) is 30.3 Å². The van der Waals surface area contributed by atoms with Crippen molar-refractivity contribution in [1.82, 2.24) is 0 Å². The van der Waals surface area contributed by atoms with Crippen LogP contribution >= 0.6 is 0 Å². The Morgan fingerprint density at radius 3 is 2.59 bits per heavy atom. The first-order valence-electron chi connectivity index (χ1n) is 5.44. The van der Waals surface area contributed by atoms with Crippen molar-refractivity contribution in [2.24, 2.45) is 0 Å². The molecule has 0 aliphatic rings. The Bertz CT molecular complexity index is 483. The minimum atomic E-state index is 0.272. The van der Waals surface area contributed by atoms with Crippen LogP contribution in [0.1, 0.15) is 5.56 Å². The van der Waals surface area contributed by atoms with E-state index < -0.39 is 0 Å². The van der Waals surface area contributed by atoms with Crippen LogP contribution in [0.5, 0.6) is 11.5 Å². The smallest absolute Gasteiger partial charge is 0.120 e. The fourth-order valence-corrected chi connectivity index (χ4v) is 1.58. The molecule has 0 amide bonds. The highest BCUT2D eigenvalue weighted by Crippen LogP contribution is 2.23. The zero-order valence-electron chi connectivity index (χ0n) is 9.68. The minimum Gasteiger partial charge on any atom is -0.508 e. The number of rotatable bonds is 4. The molecule has 2 aromatic carbocycles. The van der Waals surface area contributed by atoms with Crippen molar-refractivity contribution in [3.63, 3.8) is 0 Å². The standard InChI is InChI=1S/C14H15NO2/c1-17-13-7-8-14(16)11(9-13)10-15-12-5-3-2-4-6-12/h2-9,15-16H,10H2,1H3. The van der Waals surface area contributed by atoms with E-state index in [0.717, 1.165) is 17.0 Å². The van der Waals surface area contributed by atoms with Gasteiger partial charge in [0.25, 0.3) is 0 Å². The summed E-state index contributed by atoms with van der Waals surface area (Å²) < 4.78 is 5.12. The van der Waals surface area contributed by atoms with Gasteiger partial charge in [-0.3, -0.25) is 0 Å². The third-order valence-corrected chi connectivity index (χ3v) is 2.54. The van der Waals surface area contributed by atoms with E-state index in [-0.39, 0.29) is 5.75 Å². The number of ether oxygens (including phenoxy) is 1. The fraction of sp³-hybridized carbons (Fsp3) is 0.143. The van der Waals surface area contributed by atoms with Gasteiger partial charge in [0.05, 0.1) is 7.11 Å². The minimum absolute atomic E-state index is 0.272. The molecule has 2 N–H and O–H groups in total. The number of anilines is 1. The molecule has 88 valence electrons. The second kappa shape index (κ2) is 5.25. The number of hydrogen-bond donors (Lipinski definition) is 2. The molecule has 0 aliphatic heterocycles. The third-order valence-electron chi connectivity index (χ3n) is 2.54. The van der Waals surface area contributed by atoms with Gasteiger partial charge in [-0.15, -0.1) is 0 Å². The van der Waals surface area contributed by atoms with Crippen LogP contribution in [0.3, 0.4) is 0 Å². The molecule has 0 aliphatic carbocycles. The lowest BCUT2D eigenvalue weighted by molar-refractivity contribution is 0.411. The Morgan fingerprint density at radius 2 is 1.88 bits per heavy atom. The van der Waals surface area contributed by atoms with Crippen molar-refractivity contribution in [2.45, 2.75) is 6.54 Å². The monoisotopic (exact) mass is 229 g/mol. The van der Waals surface area contributed by atoms with Gasteiger partial charge in [0.1, 0.15) is 11.5 Å². The number of phenols is 1. The lowest BCUT2D eigenvalue weighted by Crippen LogP contribution is -1.99. The molecule has 3 heteroatoms. The van der Waals surface area contributed by atoms with Crippen molar-refractivity contribution in [2.75, 3.05) is 12.4 Å². The molecule has 0 aromatic heterocycles. The molecule has 0 bridgehead atoms. The number of benzene rings is 2. The first-order valence-corrected chi connectivity index (χ1v) is 5.44. The van der Waals surface area contributed by atoms with Crippen LogP contribution in [0.4, 0.5) is 5.69 Å². The van der Waals surface area contributed by atoms with Gasteiger partial charge in [-0.25, -0.2) is 0 Å². The van der Waals surface area contributed by atoms with Crippen molar-refractivity contribution in [1.29, 1.82) is 0 Å². The van der Waals surface area contributed by atoms with Crippen LogP contribution in [0.25, 0.3) is 0 Å². The van der Waals surface area contributed by atoms with Gasteiger partial charge in [0.2, 0.25) is 0 Å². The lowest BCUT2D eigenvalue weighted by Gasteiger charge is -2.09. The van der Waals surface area contributed by atoms with E-state index in [1.807, 2.05) is 36.4 Å². The van der Waals surface area contributed by atoms with Gasteiger partial charge >= 0.3 is 0 Å². The van der Waals surface area contributed by atoms with E-state index in [0.29, 0.717) is 6.54 Å². The predicted molar refractivity (Wildman–Crippen MR) is 68.4 cm³/mol. The van der Waals surface area contributed by atoms with E-state index in [1.165, 1.54) is 0 Å². The summed E-state index contributed by atoms with van der Waals surface area (Å²) in [6, 6.07) is 15.1.